The molecule has 828 valence electrons. The highest BCUT2D eigenvalue weighted by molar-refractivity contribution is 5.56. The lowest BCUT2D eigenvalue weighted by Gasteiger charge is -2.44. The van der Waals surface area contributed by atoms with E-state index in [0.29, 0.717) is 18.3 Å². The van der Waals surface area contributed by atoms with Gasteiger partial charge >= 0.3 is 0 Å². The second-order valence-corrected chi connectivity index (χ2v) is 44.2. The molecule has 9 aromatic rings. The van der Waals surface area contributed by atoms with Crippen molar-refractivity contribution in [2.75, 3.05) is 151 Å². The van der Waals surface area contributed by atoms with E-state index in [1.165, 1.54) is 127 Å². The summed E-state index contributed by atoms with van der Waals surface area (Å²) >= 11 is 0. The summed E-state index contributed by atoms with van der Waals surface area (Å²) in [5.41, 5.74) is 20.4. The Balaban J connectivity index is 0.000000231. The second-order valence-electron chi connectivity index (χ2n) is 44.2. The fourth-order valence-electron chi connectivity index (χ4n) is 21.7. The summed E-state index contributed by atoms with van der Waals surface area (Å²) in [6, 6.07) is 75.4. The SMILES string of the molecule is CCN(CC)c1ccc(C(C)(C)C)cc1.CCN(CC)c1ccc(C(O)C2(CO)CCC2)cc1.CCN(CC)c1ccc(C(O)C2(O)CCC2)cc1.CCN(CC)c1ccc(C(O)CC2CCCCC2)cc1.CCN(CC)c1ccc(C(O)CCC2CCCCC2)cc1.CCN(CC)c1ccc(C(O)CCCC(C)(C)C)cc1.CCN(CC)c1ccc(C(O)CCc2ccccc2)cc1.CCN(CC)c1ccc2c(c1)CCC2O. The average molecular weight is 2050 g/mol. The van der Waals surface area contributed by atoms with Gasteiger partial charge in [0.1, 0.15) is 6.10 Å². The Kier molecular flexibility index (Phi) is 57.0. The molecule has 5 aliphatic carbocycles. The summed E-state index contributed by atoms with van der Waals surface area (Å²) in [6.45, 7) is 64.5. The van der Waals surface area contributed by atoms with Gasteiger partial charge in [-0.3, -0.25) is 0 Å². The van der Waals surface area contributed by atoms with E-state index in [1.54, 1.807) is 0 Å². The number of hydrogen-bond acceptors (Lipinski definition) is 17. The molecule has 0 amide bonds. The number of aryl methyl sites for hydroxylation is 2. The van der Waals surface area contributed by atoms with Crippen LogP contribution in [0.25, 0.3) is 0 Å². The molecule has 0 aliphatic heterocycles. The Bertz CT molecular complexity index is 4940. The van der Waals surface area contributed by atoms with Crippen molar-refractivity contribution >= 4 is 45.5 Å². The first kappa shape index (κ1) is 127. The predicted octanol–water partition coefficient (Wildman–Crippen LogP) is 30.0. The maximum Gasteiger partial charge on any atom is 0.108 e. The molecule has 17 nitrogen and oxygen atoms in total. The molecule has 4 fully saturated rings. The summed E-state index contributed by atoms with van der Waals surface area (Å²) in [5, 5.41) is 91.4. The number of aliphatic hydroxyl groups is 9. The minimum absolute atomic E-state index is 0.0754. The van der Waals surface area contributed by atoms with Gasteiger partial charge in [-0.15, -0.1) is 0 Å². The molecule has 9 aromatic carbocycles. The average Bonchev–Trinajstić information content (AvgIpc) is 1.55. The van der Waals surface area contributed by atoms with Crippen molar-refractivity contribution in [3.05, 3.63) is 274 Å². The summed E-state index contributed by atoms with van der Waals surface area (Å²) in [4.78, 5) is 18.5. The van der Waals surface area contributed by atoms with Gasteiger partial charge in [0.15, 0.2) is 0 Å². The zero-order valence-electron chi connectivity index (χ0n) is 97.0. The molecule has 14 rings (SSSR count). The van der Waals surface area contributed by atoms with E-state index in [-0.39, 0.29) is 41.9 Å². The molecule has 0 radical (unpaired) electrons. The highest BCUT2D eigenvalue weighted by Crippen LogP contribution is 2.50. The number of rotatable bonds is 44. The van der Waals surface area contributed by atoms with E-state index < -0.39 is 23.9 Å². The van der Waals surface area contributed by atoms with Crippen LogP contribution in [-0.2, 0) is 18.3 Å². The van der Waals surface area contributed by atoms with Gasteiger partial charge in [0.2, 0.25) is 0 Å². The molecule has 149 heavy (non-hydrogen) atoms. The van der Waals surface area contributed by atoms with Crippen molar-refractivity contribution < 1.29 is 46.0 Å². The lowest BCUT2D eigenvalue weighted by atomic mass is 9.64. The van der Waals surface area contributed by atoms with Crippen molar-refractivity contribution in [1.29, 1.82) is 0 Å². The molecule has 4 saturated carbocycles. The van der Waals surface area contributed by atoms with Crippen LogP contribution in [0.5, 0.6) is 0 Å². The Morgan fingerprint density at radius 2 is 0.624 bits per heavy atom. The first-order valence-electron chi connectivity index (χ1n) is 58.6. The van der Waals surface area contributed by atoms with Crippen LogP contribution in [0.4, 0.5) is 45.5 Å². The van der Waals surface area contributed by atoms with Gasteiger partial charge in [-0.25, -0.2) is 0 Å². The number of fused-ring (bicyclic) bond motifs is 1. The number of aliphatic hydroxyl groups excluding tert-OH is 8. The third-order valence-corrected chi connectivity index (χ3v) is 32.2. The summed E-state index contributed by atoms with van der Waals surface area (Å²) < 4.78 is 0. The van der Waals surface area contributed by atoms with Crippen LogP contribution in [0.3, 0.4) is 0 Å². The van der Waals surface area contributed by atoms with Crippen LogP contribution in [0.2, 0.25) is 0 Å². The van der Waals surface area contributed by atoms with Crippen LogP contribution < -0.4 is 39.2 Å². The van der Waals surface area contributed by atoms with Gasteiger partial charge in [0.05, 0.1) is 48.8 Å². The Morgan fingerprint density at radius 1 is 0.315 bits per heavy atom. The van der Waals surface area contributed by atoms with Crippen molar-refractivity contribution in [3.63, 3.8) is 0 Å². The molecular formula is C132H206N8O9. The van der Waals surface area contributed by atoms with Crippen molar-refractivity contribution in [1.82, 2.24) is 0 Å². The third kappa shape index (κ3) is 40.8. The molecule has 9 N–H and O–H groups in total. The van der Waals surface area contributed by atoms with E-state index in [9.17, 15) is 46.0 Å². The highest BCUT2D eigenvalue weighted by atomic mass is 16.3. The smallest absolute Gasteiger partial charge is 0.108 e. The van der Waals surface area contributed by atoms with Crippen molar-refractivity contribution in [2.24, 2.45) is 22.7 Å². The van der Waals surface area contributed by atoms with E-state index in [0.717, 1.165) is 245 Å². The predicted molar refractivity (Wildman–Crippen MR) is 639 cm³/mol. The maximum atomic E-state index is 10.5. The number of hydrogen-bond donors (Lipinski definition) is 9. The monoisotopic (exact) mass is 2050 g/mol. The zero-order valence-corrected chi connectivity index (χ0v) is 97.0. The van der Waals surface area contributed by atoms with Crippen LogP contribution >= 0.6 is 0 Å². The summed E-state index contributed by atoms with van der Waals surface area (Å²) in [6.07, 6.45) is 25.8. The lowest BCUT2D eigenvalue weighted by Crippen LogP contribution is -2.43. The molecule has 0 aromatic heterocycles. The molecule has 5 aliphatic rings. The Labute approximate surface area is 906 Å². The Hall–Kier alpha value is -8.98. The molecular weight excluding hydrogens is 1840 g/mol. The normalized spacial score (nSPS) is 16.2. The Morgan fingerprint density at radius 3 is 0.946 bits per heavy atom. The summed E-state index contributed by atoms with van der Waals surface area (Å²) in [5.74, 6) is 1.57. The van der Waals surface area contributed by atoms with E-state index in [1.807, 2.05) is 66.7 Å². The fraction of sp³-hybridized carbons (Fsp3) is 0.591. The van der Waals surface area contributed by atoms with Crippen molar-refractivity contribution in [2.45, 2.75) is 373 Å². The molecule has 17 heteroatoms. The topological polar surface area (TPSA) is 208 Å². The van der Waals surface area contributed by atoms with Crippen LogP contribution in [0.1, 0.15) is 405 Å². The van der Waals surface area contributed by atoms with Gasteiger partial charge < -0.3 is 85.2 Å². The molecule has 0 saturated heterocycles. The first-order valence-corrected chi connectivity index (χ1v) is 58.6. The molecule has 7 unspecified atom stereocenters. The standard InChI is InChI=1S/C19H31NO.C19H25NO.C18H29NO.C18H31NO.C16H25NO2.C15H23NO2.C14H23N.C13H19NO/c2*1-3-20(4-2)18-13-11-17(12-14-18)19(21)15-10-16-8-6-5-7-9-16;1-3-19(4-2)17-12-10-16(11-13-17)18(20)14-15-8-6-5-7-9-15;1-6-19(7-2)16-12-10-15(11-13-16)17(20)9-8-14-18(3,4)5;1-3-17(4-2)14-8-6-13(7-9-14)15(19)16(12-18)10-5-11-16;1-3-16(4-2)13-8-6-12(7-9-13)14(17)15(18)10-5-11-15;1-6-15(7-2)13-10-8-12(9-11-13)14(3,4)5;1-3-14(4-2)11-6-7-12-10(9-11)5-8-13(12)15/h11-14,16,19,21H,3-10,15H2,1-2H3;5-9,11-14,19,21H,3-4,10,15H2,1-2H3;10-13,15,18,20H,3-9,14H2,1-2H3;10-13,17,20H,6-9,14H2,1-5H3;6-9,15,18-19H,3-5,10-12H2,1-2H3;6-9,14,17-18H,3-5,10-11H2,1-2H3;8-11H,6-7H2,1-5H3;6-7,9,13,15H,3-5,8H2,1-2H3. The van der Waals surface area contributed by atoms with E-state index in [2.05, 4.69) is 343 Å². The number of anilines is 8. The van der Waals surface area contributed by atoms with Crippen LogP contribution in [-0.4, -0.2) is 163 Å². The molecule has 0 heterocycles. The van der Waals surface area contributed by atoms with E-state index >= 15 is 0 Å². The molecule has 0 bridgehead atoms. The molecule has 0 spiro atoms. The van der Waals surface area contributed by atoms with Crippen LogP contribution in [0.15, 0.2) is 218 Å². The van der Waals surface area contributed by atoms with Gasteiger partial charge in [-0.05, 0) is 376 Å². The minimum atomic E-state index is -0.892. The van der Waals surface area contributed by atoms with Gasteiger partial charge in [0.25, 0.3) is 0 Å². The highest BCUT2D eigenvalue weighted by Gasteiger charge is 2.44. The first-order chi connectivity index (χ1) is 71.6. The lowest BCUT2D eigenvalue weighted by molar-refractivity contribution is -0.127. The third-order valence-electron chi connectivity index (χ3n) is 32.2. The van der Waals surface area contributed by atoms with Crippen LogP contribution in [0, 0.1) is 22.7 Å². The number of benzene rings is 9. The summed E-state index contributed by atoms with van der Waals surface area (Å²) in [7, 11) is 0. The van der Waals surface area contributed by atoms with Crippen molar-refractivity contribution in [3.8, 4) is 0 Å². The molecule has 7 atom stereocenters. The second kappa shape index (κ2) is 66.9. The van der Waals surface area contributed by atoms with Gasteiger partial charge in [-0.1, -0.05) is 240 Å². The minimum Gasteiger partial charge on any atom is -0.396 e. The maximum absolute atomic E-state index is 10.5. The largest absolute Gasteiger partial charge is 0.396 e. The quantitative estimate of drug-likeness (QED) is 0.0174. The number of nitrogens with zero attached hydrogens (tertiary/aromatic N) is 8. The van der Waals surface area contributed by atoms with Gasteiger partial charge in [-0.2, -0.15) is 0 Å². The van der Waals surface area contributed by atoms with E-state index in [4.69, 9.17) is 0 Å². The van der Waals surface area contributed by atoms with Gasteiger partial charge in [0, 0.05) is 156 Å². The fourth-order valence-corrected chi connectivity index (χ4v) is 21.7. The zero-order chi connectivity index (χ0) is 109.